The third-order valence-corrected chi connectivity index (χ3v) is 6.08. The van der Waals surface area contributed by atoms with Crippen LogP contribution >= 0.6 is 0 Å². The second-order valence-electron chi connectivity index (χ2n) is 7.86. The van der Waals surface area contributed by atoms with Gasteiger partial charge in [0.2, 0.25) is 5.91 Å². The molecular weight excluding hydrogens is 342 g/mol. The van der Waals surface area contributed by atoms with E-state index in [1.165, 1.54) is 5.56 Å². The lowest BCUT2D eigenvalue weighted by Gasteiger charge is -2.47. The Morgan fingerprint density at radius 3 is 2.52 bits per heavy atom. The van der Waals surface area contributed by atoms with Crippen molar-refractivity contribution in [2.45, 2.75) is 32.2 Å². The number of ether oxygens (including phenoxy) is 1. The van der Waals surface area contributed by atoms with Crippen LogP contribution in [0.15, 0.2) is 24.3 Å². The number of rotatable bonds is 6. The number of methoxy groups -OCH3 is 1. The standard InChI is InChI=1S/C21H31N3O3/c1-22-20(26)18-5-3-17(4-6-18)15-23-11-9-21(10-12-23)8-7-19(25)24(16-21)13-14-27-2/h3-6H,7-16H2,1-2H3,(H,22,26). The zero-order valence-electron chi connectivity index (χ0n) is 16.5. The molecule has 2 fully saturated rings. The summed E-state index contributed by atoms with van der Waals surface area (Å²) in [5.41, 5.74) is 2.21. The monoisotopic (exact) mass is 373 g/mol. The Hall–Kier alpha value is -1.92. The van der Waals surface area contributed by atoms with Crippen molar-refractivity contribution in [1.29, 1.82) is 0 Å². The van der Waals surface area contributed by atoms with Gasteiger partial charge in [0, 0.05) is 45.8 Å². The van der Waals surface area contributed by atoms with Gasteiger partial charge in [-0.25, -0.2) is 0 Å². The molecule has 3 rings (SSSR count). The molecule has 2 aliphatic heterocycles. The Morgan fingerprint density at radius 1 is 1.19 bits per heavy atom. The van der Waals surface area contributed by atoms with Gasteiger partial charge in [0.05, 0.1) is 6.61 Å². The molecule has 1 spiro atoms. The molecule has 148 valence electrons. The van der Waals surface area contributed by atoms with Crippen molar-refractivity contribution in [2.75, 3.05) is 46.9 Å². The van der Waals surface area contributed by atoms with Crippen LogP contribution in [-0.2, 0) is 16.1 Å². The Kier molecular flexibility index (Phi) is 6.50. The molecule has 1 aromatic carbocycles. The highest BCUT2D eigenvalue weighted by molar-refractivity contribution is 5.93. The van der Waals surface area contributed by atoms with Crippen LogP contribution in [0.25, 0.3) is 0 Å². The first kappa shape index (κ1) is 19.8. The molecule has 27 heavy (non-hydrogen) atoms. The van der Waals surface area contributed by atoms with Crippen LogP contribution in [0.4, 0.5) is 0 Å². The van der Waals surface area contributed by atoms with Gasteiger partial charge in [0.1, 0.15) is 0 Å². The van der Waals surface area contributed by atoms with Gasteiger partial charge in [-0.05, 0) is 55.5 Å². The lowest BCUT2D eigenvalue weighted by Crippen LogP contribution is -2.52. The summed E-state index contributed by atoms with van der Waals surface area (Å²) in [6, 6.07) is 7.86. The van der Waals surface area contributed by atoms with Crippen molar-refractivity contribution in [3.63, 3.8) is 0 Å². The largest absolute Gasteiger partial charge is 0.383 e. The van der Waals surface area contributed by atoms with Crippen molar-refractivity contribution >= 4 is 11.8 Å². The number of hydrogen-bond donors (Lipinski definition) is 1. The summed E-state index contributed by atoms with van der Waals surface area (Å²) in [6.07, 6.45) is 3.97. The van der Waals surface area contributed by atoms with E-state index in [4.69, 9.17) is 4.74 Å². The van der Waals surface area contributed by atoms with Crippen molar-refractivity contribution in [1.82, 2.24) is 15.1 Å². The summed E-state index contributed by atoms with van der Waals surface area (Å²) in [5, 5.41) is 2.65. The number of nitrogens with one attached hydrogen (secondary N) is 1. The number of carbonyl (C=O) groups is 2. The van der Waals surface area contributed by atoms with Gasteiger partial charge in [0.15, 0.2) is 0 Å². The number of benzene rings is 1. The quantitative estimate of drug-likeness (QED) is 0.827. The smallest absolute Gasteiger partial charge is 0.251 e. The van der Waals surface area contributed by atoms with Gasteiger partial charge in [-0.2, -0.15) is 0 Å². The topological polar surface area (TPSA) is 61.9 Å². The van der Waals surface area contributed by atoms with Crippen molar-refractivity contribution in [3.8, 4) is 0 Å². The van der Waals surface area contributed by atoms with E-state index in [9.17, 15) is 9.59 Å². The van der Waals surface area contributed by atoms with Crippen molar-refractivity contribution < 1.29 is 14.3 Å². The maximum atomic E-state index is 12.2. The fraction of sp³-hybridized carbons (Fsp3) is 0.619. The highest BCUT2D eigenvalue weighted by Crippen LogP contribution is 2.40. The summed E-state index contributed by atoms with van der Waals surface area (Å²) < 4.78 is 5.16. The van der Waals surface area contributed by atoms with E-state index in [0.29, 0.717) is 25.1 Å². The minimum Gasteiger partial charge on any atom is -0.383 e. The molecule has 1 aromatic rings. The second kappa shape index (κ2) is 8.85. The van der Waals surface area contributed by atoms with Gasteiger partial charge in [-0.3, -0.25) is 14.5 Å². The number of carbonyl (C=O) groups excluding carboxylic acids is 2. The first-order valence-corrected chi connectivity index (χ1v) is 9.85. The SMILES string of the molecule is CNC(=O)c1ccc(CN2CCC3(CCC(=O)N(CCOC)C3)CC2)cc1. The van der Waals surface area contributed by atoms with Gasteiger partial charge < -0.3 is 15.0 Å². The minimum absolute atomic E-state index is 0.0497. The van der Waals surface area contributed by atoms with Crippen LogP contribution in [0.3, 0.4) is 0 Å². The van der Waals surface area contributed by atoms with Gasteiger partial charge in [0.25, 0.3) is 5.91 Å². The number of piperidine rings is 2. The first-order chi connectivity index (χ1) is 13.0. The van der Waals surface area contributed by atoms with Crippen molar-refractivity contribution in [2.24, 2.45) is 5.41 Å². The third-order valence-electron chi connectivity index (χ3n) is 6.08. The van der Waals surface area contributed by atoms with Gasteiger partial charge in [-0.15, -0.1) is 0 Å². The Morgan fingerprint density at radius 2 is 1.89 bits per heavy atom. The maximum absolute atomic E-state index is 12.2. The predicted molar refractivity (Wildman–Crippen MR) is 104 cm³/mol. The normalized spacial score (nSPS) is 20.1. The van der Waals surface area contributed by atoms with E-state index in [0.717, 1.165) is 45.4 Å². The molecule has 2 amide bonds. The Balaban J connectivity index is 1.52. The minimum atomic E-state index is -0.0497. The molecule has 1 N–H and O–H groups in total. The lowest BCUT2D eigenvalue weighted by molar-refractivity contribution is -0.139. The van der Waals surface area contributed by atoms with Crippen LogP contribution in [0.2, 0.25) is 0 Å². The van der Waals surface area contributed by atoms with E-state index in [1.54, 1.807) is 14.2 Å². The third kappa shape index (κ3) is 4.87. The van der Waals surface area contributed by atoms with E-state index >= 15 is 0 Å². The zero-order valence-corrected chi connectivity index (χ0v) is 16.5. The average molecular weight is 373 g/mol. The first-order valence-electron chi connectivity index (χ1n) is 9.85. The average Bonchev–Trinajstić information content (AvgIpc) is 2.70. The maximum Gasteiger partial charge on any atom is 0.251 e. The molecular formula is C21H31N3O3. The fourth-order valence-corrected chi connectivity index (χ4v) is 4.27. The molecule has 0 radical (unpaired) electrons. The van der Waals surface area contributed by atoms with Crippen LogP contribution in [-0.4, -0.2) is 68.6 Å². The molecule has 0 saturated carbocycles. The van der Waals surface area contributed by atoms with Crippen LogP contribution < -0.4 is 5.32 Å². The molecule has 6 nitrogen and oxygen atoms in total. The Bertz CT molecular complexity index is 651. The molecule has 2 heterocycles. The number of likely N-dealkylation sites (tertiary alicyclic amines) is 2. The zero-order chi connectivity index (χ0) is 19.3. The van der Waals surface area contributed by atoms with Crippen LogP contribution in [0, 0.1) is 5.41 Å². The van der Waals surface area contributed by atoms with Crippen LogP contribution in [0.5, 0.6) is 0 Å². The number of hydrogen-bond acceptors (Lipinski definition) is 4. The highest BCUT2D eigenvalue weighted by Gasteiger charge is 2.40. The van der Waals surface area contributed by atoms with Crippen LogP contribution in [0.1, 0.15) is 41.6 Å². The van der Waals surface area contributed by atoms with E-state index in [1.807, 2.05) is 29.2 Å². The van der Waals surface area contributed by atoms with E-state index in [-0.39, 0.29) is 17.2 Å². The summed E-state index contributed by atoms with van der Waals surface area (Å²) in [7, 11) is 3.33. The molecule has 0 bridgehead atoms. The van der Waals surface area contributed by atoms with E-state index in [2.05, 4.69) is 10.2 Å². The molecule has 6 heteroatoms. The van der Waals surface area contributed by atoms with Crippen molar-refractivity contribution in [3.05, 3.63) is 35.4 Å². The fourth-order valence-electron chi connectivity index (χ4n) is 4.27. The molecule has 0 unspecified atom stereocenters. The number of nitrogens with zero attached hydrogens (tertiary/aromatic N) is 2. The summed E-state index contributed by atoms with van der Waals surface area (Å²) in [4.78, 5) is 28.3. The van der Waals surface area contributed by atoms with Gasteiger partial charge in [-0.1, -0.05) is 12.1 Å². The van der Waals surface area contributed by atoms with Gasteiger partial charge >= 0.3 is 0 Å². The lowest BCUT2D eigenvalue weighted by atomic mass is 9.72. The molecule has 0 aliphatic carbocycles. The molecule has 2 aliphatic rings. The molecule has 2 saturated heterocycles. The second-order valence-corrected chi connectivity index (χ2v) is 7.86. The molecule has 0 aromatic heterocycles. The summed E-state index contributed by atoms with van der Waals surface area (Å²) >= 11 is 0. The predicted octanol–water partition coefficient (Wildman–Crippen LogP) is 1.90. The summed E-state index contributed by atoms with van der Waals surface area (Å²) in [6.45, 7) is 5.23. The Labute approximate surface area is 161 Å². The highest BCUT2D eigenvalue weighted by atomic mass is 16.5. The number of amides is 2. The van der Waals surface area contributed by atoms with E-state index < -0.39 is 0 Å². The molecule has 0 atom stereocenters. The summed E-state index contributed by atoms with van der Waals surface area (Å²) in [5.74, 6) is 0.225.